The van der Waals surface area contributed by atoms with Gasteiger partial charge < -0.3 is 14.8 Å². The molecule has 0 bridgehead atoms. The highest BCUT2D eigenvalue weighted by Gasteiger charge is 2.32. The van der Waals surface area contributed by atoms with Crippen molar-refractivity contribution in [1.29, 1.82) is 0 Å². The predicted octanol–water partition coefficient (Wildman–Crippen LogP) is 5.50. The molecule has 0 aliphatic heterocycles. The average molecular weight is 362 g/mol. The molecular formula is C19H17F3N2O2. The normalized spacial score (nSPS) is 11.5. The maximum Gasteiger partial charge on any atom is 0.573 e. The molecule has 3 rings (SSSR count). The molecule has 1 N–H and O–H groups in total. The minimum Gasteiger partial charge on any atom is -0.497 e. The Morgan fingerprint density at radius 3 is 2.31 bits per heavy atom. The first kappa shape index (κ1) is 17.8. The van der Waals surface area contributed by atoms with Gasteiger partial charge in [0.05, 0.1) is 7.11 Å². The van der Waals surface area contributed by atoms with Crippen LogP contribution in [0.25, 0.3) is 10.9 Å². The third kappa shape index (κ3) is 3.99. The zero-order valence-corrected chi connectivity index (χ0v) is 14.4. The highest BCUT2D eigenvalue weighted by Crippen LogP contribution is 2.35. The van der Waals surface area contributed by atoms with Crippen LogP contribution in [0.2, 0.25) is 0 Å². The lowest BCUT2D eigenvalue weighted by molar-refractivity contribution is -0.274. The summed E-state index contributed by atoms with van der Waals surface area (Å²) in [5.74, 6) is 0.400. The Balaban J connectivity index is 2.10. The van der Waals surface area contributed by atoms with Crippen LogP contribution in [-0.2, 0) is 0 Å². The van der Waals surface area contributed by atoms with Crippen molar-refractivity contribution in [1.82, 2.24) is 4.98 Å². The van der Waals surface area contributed by atoms with Gasteiger partial charge in [0.15, 0.2) is 5.75 Å². The molecular weight excluding hydrogens is 345 g/mol. The molecule has 7 heteroatoms. The highest BCUT2D eigenvalue weighted by atomic mass is 19.4. The fraction of sp³-hybridized carbons (Fsp3) is 0.211. The number of benzene rings is 2. The number of rotatable bonds is 4. The maximum absolute atomic E-state index is 12.7. The van der Waals surface area contributed by atoms with Crippen LogP contribution in [0.1, 0.15) is 11.3 Å². The number of hydrogen-bond acceptors (Lipinski definition) is 4. The van der Waals surface area contributed by atoms with Crippen LogP contribution in [0.5, 0.6) is 11.5 Å². The summed E-state index contributed by atoms with van der Waals surface area (Å²) < 4.78 is 47.5. The number of pyridine rings is 1. The molecule has 4 nitrogen and oxygen atoms in total. The Kier molecular flexibility index (Phi) is 4.63. The molecule has 0 saturated carbocycles. The molecule has 0 atom stereocenters. The smallest absolute Gasteiger partial charge is 0.497 e. The minimum absolute atomic E-state index is 0.156. The Morgan fingerprint density at radius 2 is 1.69 bits per heavy atom. The number of methoxy groups -OCH3 is 1. The fourth-order valence-electron chi connectivity index (χ4n) is 2.70. The summed E-state index contributed by atoms with van der Waals surface area (Å²) >= 11 is 0. The Labute approximate surface area is 148 Å². The molecule has 0 saturated heterocycles. The van der Waals surface area contributed by atoms with E-state index in [0.717, 1.165) is 5.69 Å². The van der Waals surface area contributed by atoms with E-state index in [4.69, 9.17) is 4.74 Å². The Hall–Kier alpha value is -2.96. The van der Waals surface area contributed by atoms with Crippen molar-refractivity contribution in [2.75, 3.05) is 12.4 Å². The van der Waals surface area contributed by atoms with E-state index in [0.29, 0.717) is 28.1 Å². The molecule has 0 radical (unpaired) electrons. The van der Waals surface area contributed by atoms with E-state index < -0.39 is 6.36 Å². The van der Waals surface area contributed by atoms with Gasteiger partial charge in [0.2, 0.25) is 0 Å². The van der Waals surface area contributed by atoms with Crippen molar-refractivity contribution in [2.24, 2.45) is 0 Å². The van der Waals surface area contributed by atoms with E-state index in [1.807, 2.05) is 12.1 Å². The zero-order chi connectivity index (χ0) is 18.9. The Bertz CT molecular complexity index is 938. The van der Waals surface area contributed by atoms with Gasteiger partial charge in [-0.1, -0.05) is 0 Å². The van der Waals surface area contributed by atoms with E-state index in [-0.39, 0.29) is 11.3 Å². The van der Waals surface area contributed by atoms with Gasteiger partial charge in [0, 0.05) is 22.5 Å². The molecule has 1 heterocycles. The molecule has 0 unspecified atom stereocenters. The lowest BCUT2D eigenvalue weighted by atomic mass is 10.1. The largest absolute Gasteiger partial charge is 0.573 e. The van der Waals surface area contributed by atoms with Gasteiger partial charge in [-0.2, -0.15) is 0 Å². The van der Waals surface area contributed by atoms with Crippen molar-refractivity contribution in [3.63, 3.8) is 0 Å². The number of anilines is 2. The first-order chi connectivity index (χ1) is 12.2. The van der Waals surface area contributed by atoms with Crippen LogP contribution in [0, 0.1) is 13.8 Å². The SMILES string of the molecule is COc1ccc(Nc2cc(C)nc3c(OC(F)(F)F)cc(C)cc23)cc1. The van der Waals surface area contributed by atoms with E-state index in [9.17, 15) is 13.2 Å². The number of aryl methyl sites for hydroxylation is 2. The minimum atomic E-state index is -4.78. The number of nitrogens with zero attached hydrogens (tertiary/aromatic N) is 1. The van der Waals surface area contributed by atoms with E-state index in [1.165, 1.54) is 6.07 Å². The van der Waals surface area contributed by atoms with Crippen LogP contribution >= 0.6 is 0 Å². The lowest BCUT2D eigenvalue weighted by Gasteiger charge is -2.16. The van der Waals surface area contributed by atoms with Gasteiger partial charge in [-0.25, -0.2) is 4.98 Å². The zero-order valence-electron chi connectivity index (χ0n) is 14.4. The third-order valence-corrected chi connectivity index (χ3v) is 3.75. The fourth-order valence-corrected chi connectivity index (χ4v) is 2.70. The van der Waals surface area contributed by atoms with Gasteiger partial charge >= 0.3 is 6.36 Å². The summed E-state index contributed by atoms with van der Waals surface area (Å²) in [4.78, 5) is 4.25. The molecule has 0 fully saturated rings. The molecule has 0 aliphatic rings. The van der Waals surface area contributed by atoms with E-state index >= 15 is 0 Å². The summed E-state index contributed by atoms with van der Waals surface area (Å²) in [5, 5.41) is 3.77. The summed E-state index contributed by atoms with van der Waals surface area (Å²) in [5.41, 5.74) is 2.79. The molecule has 0 spiro atoms. The van der Waals surface area contributed by atoms with Crippen molar-refractivity contribution in [2.45, 2.75) is 20.2 Å². The molecule has 0 amide bonds. The lowest BCUT2D eigenvalue weighted by Crippen LogP contribution is -2.17. The third-order valence-electron chi connectivity index (χ3n) is 3.75. The summed E-state index contributed by atoms with van der Waals surface area (Å²) in [6.45, 7) is 3.43. The van der Waals surface area contributed by atoms with Crippen LogP contribution in [0.15, 0.2) is 42.5 Å². The second-order valence-electron chi connectivity index (χ2n) is 5.87. The van der Waals surface area contributed by atoms with Crippen molar-refractivity contribution in [3.8, 4) is 11.5 Å². The maximum atomic E-state index is 12.7. The van der Waals surface area contributed by atoms with Crippen LogP contribution < -0.4 is 14.8 Å². The second-order valence-corrected chi connectivity index (χ2v) is 5.87. The number of aromatic nitrogens is 1. The number of fused-ring (bicyclic) bond motifs is 1. The Morgan fingerprint density at radius 1 is 1.00 bits per heavy atom. The summed E-state index contributed by atoms with van der Waals surface area (Å²) in [6, 6.07) is 12.1. The quantitative estimate of drug-likeness (QED) is 0.665. The summed E-state index contributed by atoms with van der Waals surface area (Å²) in [6.07, 6.45) is -4.78. The standard InChI is InChI=1S/C19H17F3N2O2/c1-11-8-15-16(24-13-4-6-14(25-3)7-5-13)10-12(2)23-18(15)17(9-11)26-19(20,21)22/h4-10H,1-3H3,(H,23,24). The van der Waals surface area contributed by atoms with E-state index in [1.54, 1.807) is 45.2 Å². The predicted molar refractivity (Wildman–Crippen MR) is 94.2 cm³/mol. The van der Waals surface area contributed by atoms with Gasteiger partial charge in [-0.15, -0.1) is 13.2 Å². The molecule has 3 aromatic rings. The van der Waals surface area contributed by atoms with E-state index in [2.05, 4.69) is 15.0 Å². The van der Waals surface area contributed by atoms with Gasteiger partial charge in [0.1, 0.15) is 11.3 Å². The average Bonchev–Trinajstić information content (AvgIpc) is 2.55. The van der Waals surface area contributed by atoms with Crippen molar-refractivity contribution >= 4 is 22.3 Å². The van der Waals surface area contributed by atoms with Gasteiger partial charge in [-0.05, 0) is 61.9 Å². The first-order valence-electron chi connectivity index (χ1n) is 7.84. The number of alkyl halides is 3. The number of halogens is 3. The number of nitrogens with one attached hydrogen (secondary N) is 1. The first-order valence-corrected chi connectivity index (χ1v) is 7.84. The van der Waals surface area contributed by atoms with Crippen LogP contribution in [0.3, 0.4) is 0 Å². The van der Waals surface area contributed by atoms with Gasteiger partial charge in [-0.3, -0.25) is 0 Å². The van der Waals surface area contributed by atoms with Crippen molar-refractivity contribution in [3.05, 3.63) is 53.7 Å². The number of hydrogen-bond donors (Lipinski definition) is 1. The van der Waals surface area contributed by atoms with Crippen LogP contribution in [-0.4, -0.2) is 18.5 Å². The second kappa shape index (κ2) is 6.74. The summed E-state index contributed by atoms with van der Waals surface area (Å²) in [7, 11) is 1.58. The number of ether oxygens (including phenoxy) is 2. The molecule has 2 aromatic carbocycles. The topological polar surface area (TPSA) is 43.4 Å². The molecule has 26 heavy (non-hydrogen) atoms. The molecule has 136 valence electrons. The molecule has 1 aromatic heterocycles. The van der Waals surface area contributed by atoms with Crippen LogP contribution in [0.4, 0.5) is 24.5 Å². The van der Waals surface area contributed by atoms with Gasteiger partial charge in [0.25, 0.3) is 0 Å². The van der Waals surface area contributed by atoms with Crippen molar-refractivity contribution < 1.29 is 22.6 Å². The monoisotopic (exact) mass is 362 g/mol. The molecule has 0 aliphatic carbocycles. The highest BCUT2D eigenvalue weighted by molar-refractivity contribution is 5.97.